The molecule has 0 spiro atoms. The van der Waals surface area contributed by atoms with E-state index < -0.39 is 0 Å². The summed E-state index contributed by atoms with van der Waals surface area (Å²) in [6.07, 6.45) is 13.6. The average Bonchev–Trinajstić information content (AvgIpc) is 3.31. The summed E-state index contributed by atoms with van der Waals surface area (Å²) in [4.78, 5) is 19.1. The molecule has 4 heteroatoms. The van der Waals surface area contributed by atoms with E-state index in [0.29, 0.717) is 11.8 Å². The van der Waals surface area contributed by atoms with Crippen molar-refractivity contribution in [3.63, 3.8) is 0 Å². The number of carbonyl (C=O) groups excluding carboxylic acids is 1. The Kier molecular flexibility index (Phi) is 4.10. The molecule has 5 atom stereocenters. The summed E-state index contributed by atoms with van der Waals surface area (Å²) in [7, 11) is 1.96. The van der Waals surface area contributed by atoms with Gasteiger partial charge in [0.1, 0.15) is 6.33 Å². The Hall–Kier alpha value is -2.36. The van der Waals surface area contributed by atoms with E-state index in [-0.39, 0.29) is 16.7 Å². The minimum atomic E-state index is 0.176. The Morgan fingerprint density at radius 3 is 2.77 bits per heavy atom. The van der Waals surface area contributed by atoms with Gasteiger partial charge in [-0.25, -0.2) is 4.98 Å². The number of amides is 1. The highest BCUT2D eigenvalue weighted by Gasteiger charge is 2.57. The fourth-order valence-corrected chi connectivity index (χ4v) is 7.75. The number of fused-ring (bicyclic) bond motifs is 6. The van der Waals surface area contributed by atoms with Crippen LogP contribution in [0.3, 0.4) is 0 Å². The predicted octanol–water partition coefficient (Wildman–Crippen LogP) is 5.52. The van der Waals surface area contributed by atoms with Gasteiger partial charge in [0, 0.05) is 30.8 Å². The van der Waals surface area contributed by atoms with Crippen LogP contribution >= 0.6 is 0 Å². The second-order valence-corrected chi connectivity index (χ2v) is 10.9. The minimum Gasteiger partial charge on any atom is -0.342 e. The quantitative estimate of drug-likeness (QED) is 0.615. The first-order valence-corrected chi connectivity index (χ1v) is 12.0. The highest BCUT2D eigenvalue weighted by atomic mass is 16.2. The first-order chi connectivity index (χ1) is 14.9. The van der Waals surface area contributed by atoms with Crippen LogP contribution in [0.15, 0.2) is 48.3 Å². The van der Waals surface area contributed by atoms with Gasteiger partial charge >= 0.3 is 0 Å². The topological polar surface area (TPSA) is 38.1 Å². The lowest BCUT2D eigenvalue weighted by Gasteiger charge is -2.57. The molecule has 0 radical (unpaired) electrons. The van der Waals surface area contributed by atoms with E-state index in [1.54, 1.807) is 0 Å². The molecule has 0 bridgehead atoms. The lowest BCUT2D eigenvalue weighted by molar-refractivity contribution is -0.124. The van der Waals surface area contributed by atoms with Gasteiger partial charge in [0.15, 0.2) is 0 Å². The third kappa shape index (κ3) is 2.60. The molecule has 1 amide bonds. The standard InChI is InChI=1S/C27H33N3O/c1-26-14-15-29(3)25(31)16-18(26)8-9-19-20-10-11-24(27(20,2)13-12-21(19)26)30-17-28-22-6-4-5-7-23(22)30/h4-7,11,16-17,19-21H,8-10,12-15H2,1-3H3/t19-,20?,21-,26-,27-/m0/s1. The first kappa shape index (κ1) is 19.3. The number of nitrogens with zero attached hydrogens (tertiary/aromatic N) is 3. The summed E-state index contributed by atoms with van der Waals surface area (Å²) in [5.74, 6) is 2.33. The summed E-state index contributed by atoms with van der Waals surface area (Å²) in [6.45, 7) is 5.86. The van der Waals surface area contributed by atoms with Crippen LogP contribution in [0.2, 0.25) is 0 Å². The molecule has 2 fully saturated rings. The molecule has 2 saturated carbocycles. The summed E-state index contributed by atoms with van der Waals surface area (Å²) in [6, 6.07) is 8.50. The van der Waals surface area contributed by atoms with Crippen molar-refractivity contribution in [2.45, 2.75) is 52.4 Å². The molecule has 1 aliphatic heterocycles. The molecule has 4 aliphatic rings. The molecule has 4 nitrogen and oxygen atoms in total. The molecule has 0 saturated heterocycles. The highest BCUT2D eigenvalue weighted by molar-refractivity contribution is 5.88. The number of rotatable bonds is 1. The lowest BCUT2D eigenvalue weighted by Crippen LogP contribution is -2.49. The largest absolute Gasteiger partial charge is 0.342 e. The van der Waals surface area contributed by atoms with Gasteiger partial charge in [-0.3, -0.25) is 4.79 Å². The monoisotopic (exact) mass is 415 g/mol. The average molecular weight is 416 g/mol. The number of para-hydroxylation sites is 2. The SMILES string of the molecule is CN1CC[C@@]2(C)C(=CC1=O)CC[C@H]1C3CC=C(n4cnc5ccccc54)[C@@]3(C)CC[C@@H]12. The number of hydrogen-bond acceptors (Lipinski definition) is 2. The molecule has 1 aromatic carbocycles. The minimum absolute atomic E-state index is 0.176. The zero-order chi connectivity index (χ0) is 21.4. The van der Waals surface area contributed by atoms with E-state index >= 15 is 0 Å². The van der Waals surface area contributed by atoms with Gasteiger partial charge < -0.3 is 9.47 Å². The van der Waals surface area contributed by atoms with Crippen molar-refractivity contribution in [3.8, 4) is 0 Å². The summed E-state index contributed by atoms with van der Waals surface area (Å²) in [5, 5.41) is 0. The Balaban J connectivity index is 1.35. The van der Waals surface area contributed by atoms with E-state index in [9.17, 15) is 4.79 Å². The highest BCUT2D eigenvalue weighted by Crippen LogP contribution is 2.65. The molecule has 1 unspecified atom stereocenters. The van der Waals surface area contributed by atoms with E-state index in [0.717, 1.165) is 30.8 Å². The third-order valence-electron chi connectivity index (χ3n) is 9.63. The van der Waals surface area contributed by atoms with Crippen molar-refractivity contribution in [3.05, 3.63) is 48.3 Å². The Morgan fingerprint density at radius 2 is 1.90 bits per heavy atom. The van der Waals surface area contributed by atoms with Crippen molar-refractivity contribution >= 4 is 22.6 Å². The maximum atomic E-state index is 12.5. The summed E-state index contributed by atoms with van der Waals surface area (Å²) in [5.41, 5.74) is 5.58. The van der Waals surface area contributed by atoms with E-state index in [4.69, 9.17) is 0 Å². The molecule has 6 rings (SSSR count). The molecule has 1 aromatic heterocycles. The fourth-order valence-electron chi connectivity index (χ4n) is 7.75. The van der Waals surface area contributed by atoms with E-state index in [2.05, 4.69) is 53.7 Å². The normalized spacial score (nSPS) is 37.6. The van der Waals surface area contributed by atoms with Gasteiger partial charge in [-0.05, 0) is 73.8 Å². The van der Waals surface area contributed by atoms with Gasteiger partial charge in [-0.2, -0.15) is 0 Å². The van der Waals surface area contributed by atoms with E-state index in [1.807, 2.05) is 24.4 Å². The Labute approximate surface area is 185 Å². The molecule has 31 heavy (non-hydrogen) atoms. The van der Waals surface area contributed by atoms with Crippen molar-refractivity contribution in [1.82, 2.24) is 14.5 Å². The van der Waals surface area contributed by atoms with Gasteiger partial charge in [0.2, 0.25) is 5.91 Å². The number of carbonyl (C=O) groups is 1. The van der Waals surface area contributed by atoms with E-state index in [1.165, 1.54) is 42.5 Å². The molecule has 162 valence electrons. The van der Waals surface area contributed by atoms with Crippen LogP contribution < -0.4 is 0 Å². The van der Waals surface area contributed by atoms with Crippen LogP contribution in [0.1, 0.15) is 52.4 Å². The van der Waals surface area contributed by atoms with Crippen LogP contribution in [0, 0.1) is 28.6 Å². The maximum absolute atomic E-state index is 12.5. The van der Waals surface area contributed by atoms with Gasteiger partial charge in [0.25, 0.3) is 0 Å². The lowest BCUT2D eigenvalue weighted by atomic mass is 9.48. The number of benzene rings is 1. The number of aromatic nitrogens is 2. The van der Waals surface area contributed by atoms with Crippen LogP contribution in [-0.4, -0.2) is 34.0 Å². The van der Waals surface area contributed by atoms with Crippen molar-refractivity contribution < 1.29 is 4.79 Å². The smallest absolute Gasteiger partial charge is 0.246 e. The number of allylic oxidation sites excluding steroid dienone is 3. The second-order valence-electron chi connectivity index (χ2n) is 10.9. The van der Waals surface area contributed by atoms with Crippen molar-refractivity contribution in [1.29, 1.82) is 0 Å². The number of imidazole rings is 1. The summed E-state index contributed by atoms with van der Waals surface area (Å²) >= 11 is 0. The Morgan fingerprint density at radius 1 is 1.06 bits per heavy atom. The third-order valence-corrected chi connectivity index (χ3v) is 9.63. The van der Waals surface area contributed by atoms with Crippen LogP contribution in [0.25, 0.3) is 16.7 Å². The number of hydrogen-bond donors (Lipinski definition) is 0. The summed E-state index contributed by atoms with van der Waals surface area (Å²) < 4.78 is 2.37. The fraction of sp³-hybridized carbons (Fsp3) is 0.556. The predicted molar refractivity (Wildman–Crippen MR) is 124 cm³/mol. The molecule has 2 heterocycles. The second kappa shape index (κ2) is 6.57. The first-order valence-electron chi connectivity index (χ1n) is 12.0. The van der Waals surface area contributed by atoms with Gasteiger partial charge in [0.05, 0.1) is 11.0 Å². The number of likely N-dealkylation sites (N-methyl/N-ethyl adjacent to an activating group) is 1. The Bertz CT molecular complexity index is 1130. The van der Waals surface area contributed by atoms with Gasteiger partial charge in [-0.1, -0.05) is 37.6 Å². The van der Waals surface area contributed by atoms with Crippen LogP contribution in [0.5, 0.6) is 0 Å². The zero-order valence-electron chi connectivity index (χ0n) is 19.0. The molecular formula is C27H33N3O. The van der Waals surface area contributed by atoms with Gasteiger partial charge in [-0.15, -0.1) is 0 Å². The van der Waals surface area contributed by atoms with Crippen molar-refractivity contribution in [2.75, 3.05) is 13.6 Å². The maximum Gasteiger partial charge on any atom is 0.246 e. The van der Waals surface area contributed by atoms with Crippen LogP contribution in [-0.2, 0) is 4.79 Å². The molecule has 2 aromatic rings. The zero-order valence-corrected chi connectivity index (χ0v) is 19.0. The van der Waals surface area contributed by atoms with Crippen molar-refractivity contribution in [2.24, 2.45) is 28.6 Å². The molecule has 3 aliphatic carbocycles. The molecular weight excluding hydrogens is 382 g/mol. The molecule has 0 N–H and O–H groups in total. The van der Waals surface area contributed by atoms with Crippen LogP contribution in [0.4, 0.5) is 0 Å².